The highest BCUT2D eigenvalue weighted by Crippen LogP contribution is 2.41. The number of hydrogen-bond donors (Lipinski definition) is 1. The third-order valence-electron chi connectivity index (χ3n) is 3.15. The Kier molecular flexibility index (Phi) is 3.62. The van der Waals surface area contributed by atoms with Gasteiger partial charge in [0, 0.05) is 11.6 Å². The molecule has 1 aromatic heterocycles. The lowest BCUT2D eigenvalue weighted by Crippen LogP contribution is -2.03. The molecule has 0 radical (unpaired) electrons. The molecule has 0 amide bonds. The van der Waals surface area contributed by atoms with E-state index in [-0.39, 0.29) is 5.75 Å². The van der Waals surface area contributed by atoms with E-state index in [0.717, 1.165) is 18.4 Å². The predicted octanol–water partition coefficient (Wildman–Crippen LogP) is 2.33. The van der Waals surface area contributed by atoms with Crippen molar-refractivity contribution in [1.29, 1.82) is 5.26 Å². The molecule has 0 unspecified atom stereocenters. The highest BCUT2D eigenvalue weighted by molar-refractivity contribution is 7.99. The lowest BCUT2D eigenvalue weighted by Gasteiger charge is -2.08. The van der Waals surface area contributed by atoms with E-state index in [0.29, 0.717) is 22.6 Å². The van der Waals surface area contributed by atoms with Gasteiger partial charge in [-0.25, -0.2) is 0 Å². The first-order chi connectivity index (χ1) is 10.2. The summed E-state index contributed by atoms with van der Waals surface area (Å²) in [5.74, 6) is -0.218. The van der Waals surface area contributed by atoms with Crippen molar-refractivity contribution in [2.45, 2.75) is 24.0 Å². The number of nitriles is 1. The first kappa shape index (κ1) is 13.6. The molecule has 7 heteroatoms. The molecule has 1 N–H and O–H groups in total. The molecule has 6 nitrogen and oxygen atoms in total. The Hall–Kier alpha value is -2.33. The van der Waals surface area contributed by atoms with Gasteiger partial charge in [-0.2, -0.15) is 5.26 Å². The molecule has 1 heterocycles. The fourth-order valence-corrected chi connectivity index (χ4v) is 2.81. The fraction of sp³-hybridized carbons (Fsp3) is 0.286. The van der Waals surface area contributed by atoms with Crippen molar-refractivity contribution in [2.24, 2.45) is 0 Å². The number of hydrogen-bond acceptors (Lipinski definition) is 5. The maximum Gasteiger partial charge on any atom is 0.313 e. The monoisotopic (exact) mass is 300 g/mol. The highest BCUT2D eigenvalue weighted by Gasteiger charge is 2.30. The van der Waals surface area contributed by atoms with Crippen molar-refractivity contribution in [3.8, 4) is 17.5 Å². The van der Waals surface area contributed by atoms with Gasteiger partial charge in [0.05, 0.1) is 17.4 Å². The number of thioether (sulfide) groups is 1. The number of aromatic nitrogens is 3. The average Bonchev–Trinajstić information content (AvgIpc) is 3.24. The van der Waals surface area contributed by atoms with Crippen LogP contribution in [-0.2, 0) is 4.79 Å². The zero-order valence-corrected chi connectivity index (χ0v) is 11.9. The normalized spacial score (nSPS) is 13.9. The summed E-state index contributed by atoms with van der Waals surface area (Å²) >= 11 is 1.17. The molecule has 0 atom stereocenters. The van der Waals surface area contributed by atoms with Crippen LogP contribution in [0.5, 0.6) is 0 Å². The zero-order chi connectivity index (χ0) is 14.8. The molecule has 1 aliphatic carbocycles. The maximum atomic E-state index is 10.7. The van der Waals surface area contributed by atoms with Crippen molar-refractivity contribution in [1.82, 2.24) is 14.8 Å². The lowest BCUT2D eigenvalue weighted by atomic mass is 10.1. The Labute approximate surface area is 125 Å². The minimum Gasteiger partial charge on any atom is -0.481 e. The van der Waals surface area contributed by atoms with Gasteiger partial charge in [0.15, 0.2) is 11.0 Å². The molecular formula is C14H12N4O2S. The maximum absolute atomic E-state index is 10.7. The van der Waals surface area contributed by atoms with Gasteiger partial charge in [-0.3, -0.25) is 9.36 Å². The summed E-state index contributed by atoms with van der Waals surface area (Å²) in [4.78, 5) is 10.7. The van der Waals surface area contributed by atoms with Crippen LogP contribution in [0.2, 0.25) is 0 Å². The average molecular weight is 300 g/mol. The van der Waals surface area contributed by atoms with E-state index in [9.17, 15) is 4.79 Å². The van der Waals surface area contributed by atoms with Crippen molar-refractivity contribution < 1.29 is 9.90 Å². The van der Waals surface area contributed by atoms with Crippen LogP contribution >= 0.6 is 11.8 Å². The van der Waals surface area contributed by atoms with Crippen molar-refractivity contribution in [3.63, 3.8) is 0 Å². The Morgan fingerprint density at radius 1 is 1.48 bits per heavy atom. The quantitative estimate of drug-likeness (QED) is 0.852. The number of rotatable bonds is 5. The molecule has 1 saturated carbocycles. The molecular weight excluding hydrogens is 288 g/mol. The van der Waals surface area contributed by atoms with E-state index < -0.39 is 5.97 Å². The Morgan fingerprint density at radius 2 is 2.29 bits per heavy atom. The zero-order valence-electron chi connectivity index (χ0n) is 11.1. The molecule has 21 heavy (non-hydrogen) atoms. The molecule has 1 aliphatic rings. The van der Waals surface area contributed by atoms with E-state index in [1.165, 1.54) is 11.8 Å². The second kappa shape index (κ2) is 5.58. The number of carboxylic acids is 1. The van der Waals surface area contributed by atoms with Gasteiger partial charge in [-0.15, -0.1) is 10.2 Å². The first-order valence-corrected chi connectivity index (χ1v) is 7.47. The van der Waals surface area contributed by atoms with Gasteiger partial charge in [-0.1, -0.05) is 23.9 Å². The molecule has 106 valence electrons. The van der Waals surface area contributed by atoms with Crippen LogP contribution in [0, 0.1) is 11.3 Å². The van der Waals surface area contributed by atoms with Gasteiger partial charge in [0.25, 0.3) is 0 Å². The van der Waals surface area contributed by atoms with E-state index in [1.807, 2.05) is 16.7 Å². The molecule has 0 aliphatic heterocycles. The van der Waals surface area contributed by atoms with Gasteiger partial charge in [-0.05, 0) is 25.0 Å². The van der Waals surface area contributed by atoms with Crippen molar-refractivity contribution >= 4 is 17.7 Å². The smallest absolute Gasteiger partial charge is 0.313 e. The third-order valence-corrected chi connectivity index (χ3v) is 4.08. The number of carboxylic acid groups (broad SMARTS) is 1. The lowest BCUT2D eigenvalue weighted by molar-refractivity contribution is -0.133. The van der Waals surface area contributed by atoms with Gasteiger partial charge >= 0.3 is 5.97 Å². The minimum atomic E-state index is -0.877. The minimum absolute atomic E-state index is 0.0386. The van der Waals surface area contributed by atoms with Crippen molar-refractivity contribution in [3.05, 3.63) is 29.8 Å². The van der Waals surface area contributed by atoms with Crippen LogP contribution in [0.25, 0.3) is 11.4 Å². The van der Waals surface area contributed by atoms with Crippen LogP contribution < -0.4 is 0 Å². The molecule has 2 aromatic rings. The molecule has 0 saturated heterocycles. The van der Waals surface area contributed by atoms with Gasteiger partial charge in [0.2, 0.25) is 0 Å². The van der Waals surface area contributed by atoms with Crippen LogP contribution in [0.3, 0.4) is 0 Å². The number of carbonyl (C=O) groups is 1. The first-order valence-electron chi connectivity index (χ1n) is 6.49. The van der Waals surface area contributed by atoms with Crippen molar-refractivity contribution in [2.75, 3.05) is 5.75 Å². The van der Waals surface area contributed by atoms with Gasteiger partial charge < -0.3 is 5.11 Å². The Morgan fingerprint density at radius 3 is 2.95 bits per heavy atom. The fourth-order valence-electron chi connectivity index (χ4n) is 2.09. The van der Waals surface area contributed by atoms with Crippen LogP contribution in [0.15, 0.2) is 29.4 Å². The number of benzene rings is 1. The summed E-state index contributed by atoms with van der Waals surface area (Å²) in [5.41, 5.74) is 1.40. The summed E-state index contributed by atoms with van der Waals surface area (Å²) < 4.78 is 1.99. The van der Waals surface area contributed by atoms with Crippen LogP contribution in [0.4, 0.5) is 0 Å². The molecule has 1 aromatic carbocycles. The Bertz CT molecular complexity index is 731. The second-order valence-corrected chi connectivity index (χ2v) is 5.72. The predicted molar refractivity (Wildman–Crippen MR) is 76.8 cm³/mol. The van der Waals surface area contributed by atoms with Crippen LogP contribution in [0.1, 0.15) is 24.4 Å². The number of nitrogens with zero attached hydrogens (tertiary/aromatic N) is 4. The summed E-state index contributed by atoms with van der Waals surface area (Å²) in [5, 5.41) is 26.7. The highest BCUT2D eigenvalue weighted by atomic mass is 32.2. The molecule has 1 fully saturated rings. The molecule has 0 bridgehead atoms. The SMILES string of the molecule is N#Cc1cccc(-c2nnc(SCC(=O)O)n2C2CC2)c1. The molecule has 0 spiro atoms. The topological polar surface area (TPSA) is 91.8 Å². The largest absolute Gasteiger partial charge is 0.481 e. The summed E-state index contributed by atoms with van der Waals surface area (Å²) in [7, 11) is 0. The molecule has 3 rings (SSSR count). The van der Waals surface area contributed by atoms with E-state index in [1.54, 1.807) is 12.1 Å². The van der Waals surface area contributed by atoms with Gasteiger partial charge in [0.1, 0.15) is 0 Å². The van der Waals surface area contributed by atoms with E-state index in [4.69, 9.17) is 10.4 Å². The standard InChI is InChI=1S/C14H12N4O2S/c15-7-9-2-1-3-10(6-9)13-16-17-14(21-8-12(19)20)18(13)11-4-5-11/h1-3,6,11H,4-5,8H2,(H,19,20). The second-order valence-electron chi connectivity index (χ2n) is 4.78. The van der Waals surface area contributed by atoms with Crippen LogP contribution in [-0.4, -0.2) is 31.6 Å². The van der Waals surface area contributed by atoms with E-state index in [2.05, 4.69) is 16.3 Å². The summed E-state index contributed by atoms with van der Waals surface area (Å²) in [6, 6.07) is 9.64. The number of aliphatic carboxylic acids is 1. The third kappa shape index (κ3) is 2.90. The van der Waals surface area contributed by atoms with E-state index >= 15 is 0 Å². The summed E-state index contributed by atoms with van der Waals surface area (Å²) in [6.07, 6.45) is 2.09. The Balaban J connectivity index is 1.98. The summed E-state index contributed by atoms with van der Waals surface area (Å²) in [6.45, 7) is 0.